The zero-order valence-electron chi connectivity index (χ0n) is 10.6. The lowest BCUT2D eigenvalue weighted by atomic mass is 10.0. The van der Waals surface area contributed by atoms with E-state index >= 15 is 0 Å². The smallest absolute Gasteiger partial charge is 0.387 e. The number of rotatable bonds is 4. The Balaban J connectivity index is 2.46. The zero-order chi connectivity index (χ0) is 14.7. The highest BCUT2D eigenvalue weighted by atomic mass is 19.3. The highest BCUT2D eigenvalue weighted by molar-refractivity contribution is 5.64. The maximum absolute atomic E-state index is 12.5. The van der Waals surface area contributed by atoms with Crippen LogP contribution in [0.3, 0.4) is 0 Å². The molecule has 6 nitrogen and oxygen atoms in total. The van der Waals surface area contributed by atoms with Crippen molar-refractivity contribution in [2.24, 2.45) is 17.2 Å². The summed E-state index contributed by atoms with van der Waals surface area (Å²) < 4.78 is 34.9. The van der Waals surface area contributed by atoms with Gasteiger partial charge in [-0.25, -0.2) is 0 Å². The van der Waals surface area contributed by atoms with Crippen LogP contribution in [0.25, 0.3) is 0 Å². The molecule has 1 aliphatic heterocycles. The maximum atomic E-state index is 12.5. The highest BCUT2D eigenvalue weighted by Gasteiger charge is 2.22. The van der Waals surface area contributed by atoms with E-state index in [-0.39, 0.29) is 17.0 Å². The highest BCUT2D eigenvalue weighted by Crippen LogP contribution is 2.38. The van der Waals surface area contributed by atoms with E-state index in [0.29, 0.717) is 24.6 Å². The molecule has 0 spiro atoms. The molecule has 1 atom stereocenters. The first-order valence-corrected chi connectivity index (χ1v) is 5.95. The summed E-state index contributed by atoms with van der Waals surface area (Å²) in [6.07, 6.45) is 1.12. The standard InChI is InChI=1S/C12H16F2N4O2/c13-12(14)20-9-4-8-10(19-2-1-18-8)3-6(9)11(17)7(16)5-15/h3-5,11-12,18H,1-2,15-17H2/b7-5+. The summed E-state index contributed by atoms with van der Waals surface area (Å²) >= 11 is 0. The summed E-state index contributed by atoms with van der Waals surface area (Å²) in [5.74, 6) is 0.446. The predicted octanol–water partition coefficient (Wildman–Crippen LogP) is 0.851. The molecule has 20 heavy (non-hydrogen) atoms. The SMILES string of the molecule is N/C=C(/N)C(N)c1cc2c(cc1OC(F)F)NCCO2. The molecule has 0 saturated carbocycles. The number of halogens is 2. The fourth-order valence-corrected chi connectivity index (χ4v) is 1.90. The molecule has 0 amide bonds. The summed E-state index contributed by atoms with van der Waals surface area (Å²) in [6, 6.07) is 2.09. The molecule has 0 bridgehead atoms. The van der Waals surface area contributed by atoms with Crippen LogP contribution in [0.1, 0.15) is 11.6 Å². The predicted molar refractivity (Wildman–Crippen MR) is 70.4 cm³/mol. The Bertz CT molecular complexity index is 522. The van der Waals surface area contributed by atoms with Crippen LogP contribution in [0.15, 0.2) is 24.0 Å². The van der Waals surface area contributed by atoms with E-state index in [1.165, 1.54) is 12.1 Å². The molecule has 8 heteroatoms. The van der Waals surface area contributed by atoms with Crippen LogP contribution in [-0.4, -0.2) is 19.8 Å². The average Bonchev–Trinajstić information content (AvgIpc) is 2.44. The Hall–Kier alpha value is -2.22. The lowest BCUT2D eigenvalue weighted by Gasteiger charge is -2.24. The molecule has 0 aliphatic carbocycles. The molecular formula is C12H16F2N4O2. The summed E-state index contributed by atoms with van der Waals surface area (Å²) in [4.78, 5) is 0. The summed E-state index contributed by atoms with van der Waals surface area (Å²) in [5, 5.41) is 3.02. The molecule has 1 aromatic carbocycles. The topological polar surface area (TPSA) is 109 Å². The molecule has 1 aliphatic rings. The summed E-state index contributed by atoms with van der Waals surface area (Å²) in [5.41, 5.74) is 17.8. The van der Waals surface area contributed by atoms with Crippen LogP contribution in [0.4, 0.5) is 14.5 Å². The molecule has 0 aromatic heterocycles. The fraction of sp³-hybridized carbons (Fsp3) is 0.333. The van der Waals surface area contributed by atoms with Gasteiger partial charge in [-0.15, -0.1) is 0 Å². The van der Waals surface area contributed by atoms with Crippen LogP contribution in [0, 0.1) is 0 Å². The van der Waals surface area contributed by atoms with Crippen molar-refractivity contribution in [1.82, 2.24) is 0 Å². The first kappa shape index (κ1) is 14.2. The van der Waals surface area contributed by atoms with E-state index in [1.807, 2.05) is 0 Å². The second kappa shape index (κ2) is 5.83. The minimum atomic E-state index is -2.97. The largest absolute Gasteiger partial charge is 0.490 e. The lowest BCUT2D eigenvalue weighted by Crippen LogP contribution is -2.23. The normalized spacial score (nSPS) is 16.1. The second-order valence-corrected chi connectivity index (χ2v) is 4.18. The second-order valence-electron chi connectivity index (χ2n) is 4.18. The monoisotopic (exact) mass is 286 g/mol. The molecule has 7 N–H and O–H groups in total. The number of fused-ring (bicyclic) bond motifs is 1. The molecule has 0 fully saturated rings. The number of hydrogen-bond acceptors (Lipinski definition) is 6. The van der Waals surface area contributed by atoms with E-state index in [4.69, 9.17) is 21.9 Å². The quantitative estimate of drug-likeness (QED) is 0.653. The van der Waals surface area contributed by atoms with E-state index in [0.717, 1.165) is 6.20 Å². The van der Waals surface area contributed by atoms with E-state index in [2.05, 4.69) is 10.1 Å². The van der Waals surface area contributed by atoms with Gasteiger partial charge in [0.1, 0.15) is 18.1 Å². The molecule has 1 aromatic rings. The third-order valence-electron chi connectivity index (χ3n) is 2.89. The first-order chi connectivity index (χ1) is 9.52. The summed E-state index contributed by atoms with van der Waals surface area (Å²) in [6.45, 7) is -1.91. The Morgan fingerprint density at radius 1 is 1.45 bits per heavy atom. The van der Waals surface area contributed by atoms with Gasteiger partial charge in [-0.2, -0.15) is 8.78 Å². The van der Waals surface area contributed by atoms with Crippen molar-refractivity contribution in [3.63, 3.8) is 0 Å². The molecule has 1 heterocycles. The maximum Gasteiger partial charge on any atom is 0.387 e. The third-order valence-corrected chi connectivity index (χ3v) is 2.89. The first-order valence-electron chi connectivity index (χ1n) is 5.95. The minimum absolute atomic E-state index is 0.0611. The Morgan fingerprint density at radius 2 is 2.20 bits per heavy atom. The molecule has 0 radical (unpaired) electrons. The van der Waals surface area contributed by atoms with Gasteiger partial charge in [-0.3, -0.25) is 0 Å². The molecule has 0 saturated heterocycles. The Kier molecular flexibility index (Phi) is 4.14. The van der Waals surface area contributed by atoms with Crippen molar-refractivity contribution >= 4 is 5.69 Å². The number of nitrogens with two attached hydrogens (primary N) is 3. The Labute approximate surface area is 114 Å². The molecular weight excluding hydrogens is 270 g/mol. The lowest BCUT2D eigenvalue weighted by molar-refractivity contribution is -0.0505. The van der Waals surface area contributed by atoms with Crippen molar-refractivity contribution in [2.45, 2.75) is 12.7 Å². The van der Waals surface area contributed by atoms with Crippen molar-refractivity contribution in [2.75, 3.05) is 18.5 Å². The van der Waals surface area contributed by atoms with Gasteiger partial charge in [-0.05, 0) is 6.07 Å². The van der Waals surface area contributed by atoms with Crippen LogP contribution in [0.5, 0.6) is 11.5 Å². The van der Waals surface area contributed by atoms with Crippen molar-refractivity contribution < 1.29 is 18.3 Å². The van der Waals surface area contributed by atoms with Crippen LogP contribution in [0.2, 0.25) is 0 Å². The van der Waals surface area contributed by atoms with E-state index in [9.17, 15) is 8.78 Å². The number of benzene rings is 1. The summed E-state index contributed by atoms with van der Waals surface area (Å²) in [7, 11) is 0. The molecule has 2 rings (SSSR count). The van der Waals surface area contributed by atoms with Gasteiger partial charge >= 0.3 is 6.61 Å². The van der Waals surface area contributed by atoms with Gasteiger partial charge in [0.25, 0.3) is 0 Å². The van der Waals surface area contributed by atoms with Gasteiger partial charge < -0.3 is 32.0 Å². The third kappa shape index (κ3) is 2.85. The number of anilines is 1. The van der Waals surface area contributed by atoms with Crippen LogP contribution in [-0.2, 0) is 0 Å². The van der Waals surface area contributed by atoms with Gasteiger partial charge in [0.15, 0.2) is 0 Å². The zero-order valence-corrected chi connectivity index (χ0v) is 10.6. The number of alkyl halides is 2. The number of hydrogen-bond donors (Lipinski definition) is 4. The average molecular weight is 286 g/mol. The molecule has 1 unspecified atom stereocenters. The Morgan fingerprint density at radius 3 is 2.85 bits per heavy atom. The minimum Gasteiger partial charge on any atom is -0.490 e. The van der Waals surface area contributed by atoms with Gasteiger partial charge in [0.2, 0.25) is 0 Å². The fourth-order valence-electron chi connectivity index (χ4n) is 1.90. The molecule has 110 valence electrons. The van der Waals surface area contributed by atoms with Crippen LogP contribution < -0.4 is 32.0 Å². The van der Waals surface area contributed by atoms with Gasteiger partial charge in [0.05, 0.1) is 11.7 Å². The van der Waals surface area contributed by atoms with E-state index < -0.39 is 12.7 Å². The van der Waals surface area contributed by atoms with Crippen molar-refractivity contribution in [3.05, 3.63) is 29.6 Å². The van der Waals surface area contributed by atoms with Crippen LogP contribution >= 0.6 is 0 Å². The number of ether oxygens (including phenoxy) is 2. The van der Waals surface area contributed by atoms with Crippen molar-refractivity contribution in [3.8, 4) is 11.5 Å². The van der Waals surface area contributed by atoms with Gasteiger partial charge in [0, 0.05) is 30.1 Å². The van der Waals surface area contributed by atoms with E-state index in [1.54, 1.807) is 0 Å². The number of nitrogens with one attached hydrogen (secondary N) is 1. The van der Waals surface area contributed by atoms with Gasteiger partial charge in [-0.1, -0.05) is 0 Å². The van der Waals surface area contributed by atoms with Crippen molar-refractivity contribution in [1.29, 1.82) is 0 Å².